The molecule has 1 aliphatic rings. The fraction of sp³-hybridized carbons (Fsp3) is 0.300. The van der Waals surface area contributed by atoms with Crippen molar-refractivity contribution in [3.63, 3.8) is 0 Å². The van der Waals surface area contributed by atoms with E-state index in [0.717, 1.165) is 25.9 Å². The number of hydrogen-bond acceptors (Lipinski definition) is 6. The van der Waals surface area contributed by atoms with E-state index in [-0.39, 0.29) is 11.8 Å². The van der Waals surface area contributed by atoms with Gasteiger partial charge in [-0.25, -0.2) is 14.4 Å². The lowest BCUT2D eigenvalue weighted by Crippen LogP contribution is -2.34. The van der Waals surface area contributed by atoms with Crippen LogP contribution in [0.3, 0.4) is 0 Å². The molecule has 2 heterocycles. The predicted octanol–water partition coefficient (Wildman–Crippen LogP) is 4.31. The van der Waals surface area contributed by atoms with E-state index >= 15 is 0 Å². The number of nitrogens with one attached hydrogen (secondary N) is 2. The van der Waals surface area contributed by atoms with E-state index in [1.54, 1.807) is 19.2 Å². The van der Waals surface area contributed by atoms with E-state index in [1.807, 2.05) is 12.1 Å². The second-order valence-corrected chi connectivity index (χ2v) is 7.00. The molecule has 1 aromatic heterocycles. The molecule has 0 radical (unpaired) electrons. The first kappa shape index (κ1) is 18.7. The molecule has 0 unspecified atom stereocenters. The van der Waals surface area contributed by atoms with Gasteiger partial charge in [0.2, 0.25) is 0 Å². The fourth-order valence-electron chi connectivity index (χ4n) is 3.23. The molecule has 4 rings (SSSR count). The van der Waals surface area contributed by atoms with Crippen LogP contribution in [0.2, 0.25) is 5.02 Å². The Morgan fingerprint density at radius 1 is 1.14 bits per heavy atom. The number of piperidine rings is 1. The molecule has 0 amide bonds. The van der Waals surface area contributed by atoms with Crippen LogP contribution in [0.4, 0.5) is 15.9 Å². The maximum atomic E-state index is 14.2. The third-order valence-electron chi connectivity index (χ3n) is 4.68. The van der Waals surface area contributed by atoms with Crippen LogP contribution in [0.1, 0.15) is 12.8 Å². The van der Waals surface area contributed by atoms with Gasteiger partial charge in [0.25, 0.3) is 0 Å². The van der Waals surface area contributed by atoms with Gasteiger partial charge in [0.05, 0.1) is 18.3 Å². The highest BCUT2D eigenvalue weighted by molar-refractivity contribution is 6.30. The lowest BCUT2D eigenvalue weighted by Gasteiger charge is -2.25. The maximum Gasteiger partial charge on any atom is 0.163 e. The van der Waals surface area contributed by atoms with Gasteiger partial charge in [0.1, 0.15) is 24.1 Å². The van der Waals surface area contributed by atoms with Crippen LogP contribution in [0.15, 0.2) is 36.7 Å². The van der Waals surface area contributed by atoms with E-state index in [9.17, 15) is 4.39 Å². The number of benzene rings is 2. The first-order valence-corrected chi connectivity index (χ1v) is 9.44. The van der Waals surface area contributed by atoms with Crippen LogP contribution in [0, 0.1) is 5.82 Å². The smallest absolute Gasteiger partial charge is 0.163 e. The van der Waals surface area contributed by atoms with Gasteiger partial charge in [0.15, 0.2) is 11.5 Å². The zero-order valence-electron chi connectivity index (χ0n) is 15.3. The highest BCUT2D eigenvalue weighted by Crippen LogP contribution is 2.36. The van der Waals surface area contributed by atoms with Crippen molar-refractivity contribution in [2.45, 2.75) is 18.9 Å². The second-order valence-electron chi connectivity index (χ2n) is 6.56. The highest BCUT2D eigenvalue weighted by Gasteiger charge is 2.18. The molecule has 0 aliphatic carbocycles. The molecule has 28 heavy (non-hydrogen) atoms. The molecular formula is C20H20ClFN4O2. The Hall–Kier alpha value is -2.64. The van der Waals surface area contributed by atoms with Crippen LogP contribution < -0.4 is 20.1 Å². The van der Waals surface area contributed by atoms with E-state index in [0.29, 0.717) is 33.2 Å². The minimum absolute atomic E-state index is 0.134. The summed E-state index contributed by atoms with van der Waals surface area (Å²) < 4.78 is 25.8. The van der Waals surface area contributed by atoms with Crippen molar-refractivity contribution in [2.75, 3.05) is 25.5 Å². The predicted molar refractivity (Wildman–Crippen MR) is 107 cm³/mol. The van der Waals surface area contributed by atoms with Gasteiger partial charge < -0.3 is 20.1 Å². The van der Waals surface area contributed by atoms with Crippen LogP contribution in [-0.2, 0) is 0 Å². The minimum atomic E-state index is -0.461. The van der Waals surface area contributed by atoms with Crippen LogP contribution >= 0.6 is 11.6 Å². The molecular weight excluding hydrogens is 383 g/mol. The summed E-state index contributed by atoms with van der Waals surface area (Å²) in [5.41, 5.74) is 0.954. The average Bonchev–Trinajstić information content (AvgIpc) is 2.70. The molecule has 1 fully saturated rings. The largest absolute Gasteiger partial charge is 0.493 e. The fourth-order valence-corrected chi connectivity index (χ4v) is 3.39. The maximum absolute atomic E-state index is 14.2. The van der Waals surface area contributed by atoms with Crippen molar-refractivity contribution in [3.05, 3.63) is 47.5 Å². The molecule has 0 atom stereocenters. The van der Waals surface area contributed by atoms with Crippen LogP contribution in [-0.4, -0.2) is 36.3 Å². The van der Waals surface area contributed by atoms with Gasteiger partial charge in [-0.2, -0.15) is 0 Å². The summed E-state index contributed by atoms with van der Waals surface area (Å²) in [6.45, 7) is 1.87. The Kier molecular flexibility index (Phi) is 5.45. The van der Waals surface area contributed by atoms with E-state index in [1.165, 1.54) is 12.4 Å². The number of anilines is 2. The van der Waals surface area contributed by atoms with E-state index < -0.39 is 5.82 Å². The van der Waals surface area contributed by atoms with Gasteiger partial charge in [-0.05, 0) is 50.2 Å². The Morgan fingerprint density at radius 3 is 2.71 bits per heavy atom. The molecule has 1 aliphatic heterocycles. The zero-order chi connectivity index (χ0) is 19.5. The number of fused-ring (bicyclic) bond motifs is 1. The third kappa shape index (κ3) is 3.95. The average molecular weight is 403 g/mol. The number of nitrogens with zero attached hydrogens (tertiary/aromatic N) is 2. The number of methoxy groups -OCH3 is 1. The normalized spacial score (nSPS) is 14.8. The van der Waals surface area contributed by atoms with Gasteiger partial charge in [-0.15, -0.1) is 0 Å². The van der Waals surface area contributed by atoms with E-state index in [2.05, 4.69) is 20.6 Å². The van der Waals surface area contributed by atoms with Crippen molar-refractivity contribution in [2.24, 2.45) is 0 Å². The molecule has 1 saturated heterocycles. The van der Waals surface area contributed by atoms with Crippen molar-refractivity contribution in [1.29, 1.82) is 0 Å². The van der Waals surface area contributed by atoms with Gasteiger partial charge in [0, 0.05) is 16.5 Å². The topological polar surface area (TPSA) is 68.3 Å². The second kappa shape index (κ2) is 8.16. The lowest BCUT2D eigenvalue weighted by atomic mass is 10.1. The monoisotopic (exact) mass is 402 g/mol. The van der Waals surface area contributed by atoms with Crippen molar-refractivity contribution in [1.82, 2.24) is 15.3 Å². The third-order valence-corrected chi connectivity index (χ3v) is 4.92. The highest BCUT2D eigenvalue weighted by atomic mass is 35.5. The standard InChI is InChI=1S/C20H20ClFN4O2/c1-27-18-9-14-17(10-19(18)28-13-4-6-23-7-5-13)24-11-25-20(14)26-16-3-2-12(21)8-15(16)22/h2-3,8-11,13,23H,4-7H2,1H3,(H,24,25,26). The van der Waals surface area contributed by atoms with Crippen molar-refractivity contribution < 1.29 is 13.9 Å². The molecule has 2 aromatic carbocycles. The summed E-state index contributed by atoms with van der Waals surface area (Å²) in [5.74, 6) is 1.24. The first-order valence-electron chi connectivity index (χ1n) is 9.06. The number of rotatable bonds is 5. The van der Waals surface area contributed by atoms with Crippen molar-refractivity contribution in [3.8, 4) is 11.5 Å². The minimum Gasteiger partial charge on any atom is -0.493 e. The molecule has 3 aromatic rings. The molecule has 0 spiro atoms. The summed E-state index contributed by atoms with van der Waals surface area (Å²) in [7, 11) is 1.59. The summed E-state index contributed by atoms with van der Waals surface area (Å²) >= 11 is 5.82. The van der Waals surface area contributed by atoms with E-state index in [4.69, 9.17) is 21.1 Å². The van der Waals surface area contributed by atoms with Gasteiger partial charge in [-0.3, -0.25) is 0 Å². The Bertz CT molecular complexity index is 995. The Labute approximate surface area is 167 Å². The first-order chi connectivity index (χ1) is 13.6. The number of aromatic nitrogens is 2. The van der Waals surface area contributed by atoms with Crippen LogP contribution in [0.25, 0.3) is 10.9 Å². The van der Waals surface area contributed by atoms with Crippen LogP contribution in [0.5, 0.6) is 11.5 Å². The van der Waals surface area contributed by atoms with Gasteiger partial charge in [-0.1, -0.05) is 11.6 Å². The Morgan fingerprint density at radius 2 is 1.96 bits per heavy atom. The number of hydrogen-bond donors (Lipinski definition) is 2. The number of ether oxygens (including phenoxy) is 2. The molecule has 6 nitrogen and oxygen atoms in total. The van der Waals surface area contributed by atoms with Crippen molar-refractivity contribution >= 4 is 34.0 Å². The summed E-state index contributed by atoms with van der Waals surface area (Å²) in [6.07, 6.45) is 3.44. The van der Waals surface area contributed by atoms with Gasteiger partial charge >= 0.3 is 0 Å². The lowest BCUT2D eigenvalue weighted by molar-refractivity contribution is 0.157. The SMILES string of the molecule is COc1cc2c(Nc3ccc(Cl)cc3F)ncnc2cc1OC1CCNCC1. The quantitative estimate of drug-likeness (QED) is 0.663. The molecule has 0 saturated carbocycles. The molecule has 2 N–H and O–H groups in total. The molecule has 0 bridgehead atoms. The summed E-state index contributed by atoms with van der Waals surface area (Å²) in [4.78, 5) is 8.60. The zero-order valence-corrected chi connectivity index (χ0v) is 16.1. The molecule has 146 valence electrons. The number of halogens is 2. The molecule has 8 heteroatoms. The summed E-state index contributed by atoms with van der Waals surface area (Å²) in [5, 5.41) is 7.35. The summed E-state index contributed by atoms with van der Waals surface area (Å²) in [6, 6.07) is 8.07. The Balaban J connectivity index is 1.69.